The summed E-state index contributed by atoms with van der Waals surface area (Å²) >= 11 is 3.34. The van der Waals surface area contributed by atoms with Crippen LogP contribution in [0.2, 0.25) is 0 Å². The van der Waals surface area contributed by atoms with Crippen molar-refractivity contribution in [2.75, 3.05) is 0 Å². The molecular formula is C17H20BrNO. The van der Waals surface area contributed by atoms with Crippen molar-refractivity contribution in [3.05, 3.63) is 58.5 Å². The molecule has 3 heteroatoms. The maximum absolute atomic E-state index is 5.52. The predicted molar refractivity (Wildman–Crippen MR) is 84.7 cm³/mol. The second kappa shape index (κ2) is 6.59. The third-order valence-corrected chi connectivity index (χ3v) is 4.62. The number of hydrogen-bond acceptors (Lipinski definition) is 2. The zero-order chi connectivity index (χ0) is 13.8. The summed E-state index contributed by atoms with van der Waals surface area (Å²) < 4.78 is 6.33. The highest BCUT2D eigenvalue weighted by Crippen LogP contribution is 2.32. The van der Waals surface area contributed by atoms with E-state index in [-0.39, 0.29) is 0 Å². The summed E-state index contributed by atoms with van der Waals surface area (Å²) in [5.41, 5.74) is 1.50. The molecule has 1 N–H and O–H groups in total. The Morgan fingerprint density at radius 1 is 1.00 bits per heavy atom. The number of rotatable bonds is 4. The first kappa shape index (κ1) is 13.9. The van der Waals surface area contributed by atoms with Gasteiger partial charge >= 0.3 is 0 Å². The van der Waals surface area contributed by atoms with E-state index in [4.69, 9.17) is 4.42 Å². The average Bonchev–Trinajstić information content (AvgIpc) is 2.92. The lowest BCUT2D eigenvalue weighted by Crippen LogP contribution is -2.32. The van der Waals surface area contributed by atoms with Crippen LogP contribution in [-0.4, -0.2) is 6.04 Å². The number of furan rings is 1. The van der Waals surface area contributed by atoms with E-state index in [2.05, 4.69) is 51.6 Å². The van der Waals surface area contributed by atoms with Crippen LogP contribution in [0.3, 0.4) is 0 Å². The van der Waals surface area contributed by atoms with Gasteiger partial charge in [-0.3, -0.25) is 0 Å². The molecule has 0 saturated heterocycles. The number of benzene rings is 1. The Labute approximate surface area is 128 Å². The molecule has 1 aliphatic rings. The molecule has 0 amide bonds. The zero-order valence-corrected chi connectivity index (χ0v) is 13.1. The summed E-state index contributed by atoms with van der Waals surface area (Å²) in [7, 11) is 0. The lowest BCUT2D eigenvalue weighted by atomic mass is 9.82. The molecule has 1 aromatic heterocycles. The summed E-state index contributed by atoms with van der Waals surface area (Å²) in [4.78, 5) is 0. The van der Waals surface area contributed by atoms with Crippen LogP contribution < -0.4 is 5.32 Å². The average molecular weight is 334 g/mol. The minimum Gasteiger partial charge on any atom is -0.453 e. The van der Waals surface area contributed by atoms with Crippen molar-refractivity contribution >= 4 is 15.9 Å². The molecular weight excluding hydrogens is 314 g/mol. The van der Waals surface area contributed by atoms with E-state index in [9.17, 15) is 0 Å². The van der Waals surface area contributed by atoms with E-state index in [1.807, 2.05) is 12.1 Å². The van der Waals surface area contributed by atoms with Crippen molar-refractivity contribution in [2.45, 2.75) is 44.2 Å². The first-order chi connectivity index (χ1) is 9.81. The van der Waals surface area contributed by atoms with E-state index < -0.39 is 0 Å². The predicted octanol–water partition coefficient (Wildman–Crippen LogP) is 4.86. The Bertz CT molecular complexity index is 529. The van der Waals surface area contributed by atoms with Crippen molar-refractivity contribution in [3.63, 3.8) is 0 Å². The summed E-state index contributed by atoms with van der Waals surface area (Å²) in [6.45, 7) is 0.826. The van der Waals surface area contributed by atoms with Crippen molar-refractivity contribution in [3.8, 4) is 0 Å². The van der Waals surface area contributed by atoms with Gasteiger partial charge in [0.15, 0.2) is 4.67 Å². The monoisotopic (exact) mass is 333 g/mol. The Morgan fingerprint density at radius 3 is 2.40 bits per heavy atom. The second-order valence-corrected chi connectivity index (χ2v) is 6.33. The van der Waals surface area contributed by atoms with Gasteiger partial charge in [-0.1, -0.05) is 30.3 Å². The van der Waals surface area contributed by atoms with Crippen molar-refractivity contribution in [1.29, 1.82) is 0 Å². The molecule has 0 unspecified atom stereocenters. The molecule has 1 fully saturated rings. The zero-order valence-electron chi connectivity index (χ0n) is 11.5. The lowest BCUT2D eigenvalue weighted by molar-refractivity contribution is 0.330. The fraction of sp³-hybridized carbons (Fsp3) is 0.412. The van der Waals surface area contributed by atoms with Gasteiger partial charge in [0.2, 0.25) is 0 Å². The van der Waals surface area contributed by atoms with Gasteiger partial charge in [-0.05, 0) is 65.2 Å². The highest BCUT2D eigenvalue weighted by Gasteiger charge is 2.21. The first-order valence-corrected chi connectivity index (χ1v) is 8.13. The fourth-order valence-corrected chi connectivity index (χ4v) is 3.39. The van der Waals surface area contributed by atoms with Gasteiger partial charge in [0.05, 0.1) is 6.54 Å². The standard InChI is InChI=1S/C17H20BrNO/c18-17-11-10-16(20-17)12-19-15-8-6-14(7-9-15)13-4-2-1-3-5-13/h1-5,10-11,14-15,19H,6-9,12H2. The van der Waals surface area contributed by atoms with Gasteiger partial charge in [-0.2, -0.15) is 0 Å². The summed E-state index contributed by atoms with van der Waals surface area (Å²) in [6, 6.07) is 15.5. The van der Waals surface area contributed by atoms with Crippen molar-refractivity contribution < 1.29 is 4.42 Å². The van der Waals surface area contributed by atoms with Crippen LogP contribution in [0.5, 0.6) is 0 Å². The van der Waals surface area contributed by atoms with Gasteiger partial charge in [0.25, 0.3) is 0 Å². The van der Waals surface area contributed by atoms with Gasteiger partial charge < -0.3 is 9.73 Å². The van der Waals surface area contributed by atoms with Crippen LogP contribution in [0.25, 0.3) is 0 Å². The summed E-state index contributed by atoms with van der Waals surface area (Å²) in [5, 5.41) is 3.61. The number of hydrogen-bond donors (Lipinski definition) is 1. The molecule has 0 radical (unpaired) electrons. The van der Waals surface area contributed by atoms with E-state index in [0.717, 1.165) is 22.9 Å². The Kier molecular flexibility index (Phi) is 4.58. The molecule has 3 rings (SSSR count). The topological polar surface area (TPSA) is 25.2 Å². The minimum atomic E-state index is 0.624. The number of nitrogens with one attached hydrogen (secondary N) is 1. The van der Waals surface area contributed by atoms with Gasteiger partial charge in [0.1, 0.15) is 5.76 Å². The molecule has 0 aliphatic heterocycles. The van der Waals surface area contributed by atoms with Crippen LogP contribution in [0, 0.1) is 0 Å². The quantitative estimate of drug-likeness (QED) is 0.864. The highest BCUT2D eigenvalue weighted by molar-refractivity contribution is 9.10. The third-order valence-electron chi connectivity index (χ3n) is 4.19. The first-order valence-electron chi connectivity index (χ1n) is 7.34. The molecule has 1 heterocycles. The van der Waals surface area contributed by atoms with E-state index >= 15 is 0 Å². The largest absolute Gasteiger partial charge is 0.453 e. The normalized spacial score (nSPS) is 22.9. The molecule has 1 aliphatic carbocycles. The molecule has 0 spiro atoms. The Morgan fingerprint density at radius 2 is 1.75 bits per heavy atom. The summed E-state index contributed by atoms with van der Waals surface area (Å²) in [5.74, 6) is 1.74. The molecule has 1 saturated carbocycles. The van der Waals surface area contributed by atoms with E-state index in [1.165, 1.54) is 31.2 Å². The molecule has 2 aromatic rings. The lowest BCUT2D eigenvalue weighted by Gasteiger charge is -2.29. The molecule has 20 heavy (non-hydrogen) atoms. The Hall–Kier alpha value is -1.06. The molecule has 106 valence electrons. The smallest absolute Gasteiger partial charge is 0.169 e. The van der Waals surface area contributed by atoms with E-state index in [1.54, 1.807) is 0 Å². The van der Waals surface area contributed by atoms with Crippen LogP contribution in [0.15, 0.2) is 51.6 Å². The molecule has 0 atom stereocenters. The molecule has 0 bridgehead atoms. The third kappa shape index (κ3) is 3.53. The van der Waals surface area contributed by atoms with Crippen molar-refractivity contribution in [2.24, 2.45) is 0 Å². The van der Waals surface area contributed by atoms with Gasteiger partial charge in [-0.25, -0.2) is 0 Å². The highest BCUT2D eigenvalue weighted by atomic mass is 79.9. The minimum absolute atomic E-state index is 0.624. The van der Waals surface area contributed by atoms with Crippen LogP contribution in [0.4, 0.5) is 0 Å². The van der Waals surface area contributed by atoms with Crippen LogP contribution in [-0.2, 0) is 6.54 Å². The Balaban J connectivity index is 1.47. The molecule has 1 aromatic carbocycles. The molecule has 2 nitrogen and oxygen atoms in total. The number of halogens is 1. The maximum Gasteiger partial charge on any atom is 0.169 e. The summed E-state index contributed by atoms with van der Waals surface area (Å²) in [6.07, 6.45) is 5.07. The van der Waals surface area contributed by atoms with Gasteiger partial charge in [0, 0.05) is 6.04 Å². The van der Waals surface area contributed by atoms with Gasteiger partial charge in [-0.15, -0.1) is 0 Å². The van der Waals surface area contributed by atoms with Crippen LogP contribution >= 0.6 is 15.9 Å². The SMILES string of the molecule is Brc1ccc(CNC2CCC(c3ccccc3)CC2)o1. The fourth-order valence-electron chi connectivity index (χ4n) is 3.05. The van der Waals surface area contributed by atoms with Crippen LogP contribution in [0.1, 0.15) is 42.9 Å². The van der Waals surface area contributed by atoms with Crippen molar-refractivity contribution in [1.82, 2.24) is 5.32 Å². The van der Waals surface area contributed by atoms with E-state index in [0.29, 0.717) is 6.04 Å². The second-order valence-electron chi connectivity index (χ2n) is 5.55. The maximum atomic E-state index is 5.52.